The van der Waals surface area contributed by atoms with Crippen LogP contribution in [0, 0.1) is 5.92 Å². The molecule has 2 fully saturated rings. The molecule has 16 heteroatoms. The summed E-state index contributed by atoms with van der Waals surface area (Å²) in [6.45, 7) is 0.373. The van der Waals surface area contributed by atoms with Crippen LogP contribution in [0.5, 0.6) is 0 Å². The number of hydrogen-bond acceptors (Lipinski definition) is 12. The number of rotatable bonds is 27. The molecule has 0 aromatic carbocycles. The van der Waals surface area contributed by atoms with Gasteiger partial charge >= 0.3 is 17.9 Å². The third-order valence-corrected chi connectivity index (χ3v) is 20.3. The summed E-state index contributed by atoms with van der Waals surface area (Å²) in [7, 11) is 12.0. The van der Waals surface area contributed by atoms with Gasteiger partial charge in [-0.15, -0.1) is 0 Å². The normalized spacial score (nSPS) is 16.1. The summed E-state index contributed by atoms with van der Waals surface area (Å²) < 4.78 is 0.521. The van der Waals surface area contributed by atoms with Gasteiger partial charge in [-0.25, -0.2) is 0 Å². The number of nitrogens with one attached hydrogen (secondary N) is 1. The smallest absolute Gasteiger partial charge is 0.320 e. The van der Waals surface area contributed by atoms with Crippen LogP contribution >= 0.6 is 64.8 Å². The monoisotopic (exact) mass is 760 g/mol. The van der Waals surface area contributed by atoms with Crippen molar-refractivity contribution >= 4 is 94.4 Å². The van der Waals surface area contributed by atoms with E-state index in [0.717, 1.165) is 51.4 Å². The number of amides is 1. The first kappa shape index (κ1) is 43.6. The maximum Gasteiger partial charge on any atom is 0.320 e. The van der Waals surface area contributed by atoms with Crippen molar-refractivity contribution < 1.29 is 39.3 Å². The van der Waals surface area contributed by atoms with Crippen LogP contribution in [0.4, 0.5) is 0 Å². The first-order valence-corrected chi connectivity index (χ1v) is 23.0. The fraction of sp³-hybridized carbons (Fsp3) is 0.833. The number of carbonyl (C=O) groups is 5. The molecule has 1 spiro atoms. The molecule has 2 atom stereocenters. The molecular formula is C30H52N2O8S6. The van der Waals surface area contributed by atoms with Gasteiger partial charge in [0.1, 0.15) is 11.8 Å². The number of nitrogens with two attached hydrogens (primary N) is 1. The maximum absolute atomic E-state index is 12.2. The molecule has 0 aromatic heterocycles. The predicted molar refractivity (Wildman–Crippen MR) is 198 cm³/mol. The number of Topliss-reactive ketones (excluding diaryl/α,β-unsaturated/α-hetero) is 1. The maximum atomic E-state index is 12.2. The Hall–Kier alpha value is -0.390. The average Bonchev–Trinajstić information content (AvgIpc) is 3.77. The highest BCUT2D eigenvalue weighted by Crippen LogP contribution is 2.83. The van der Waals surface area contributed by atoms with Gasteiger partial charge in [0.15, 0.2) is 2.74 Å². The minimum atomic E-state index is -1.06. The number of unbranched alkanes of at least 4 members (excludes halogenated alkanes) is 12. The quantitative estimate of drug-likeness (QED) is 0.0305. The molecule has 0 saturated carbocycles. The molecule has 2 saturated heterocycles. The summed E-state index contributed by atoms with van der Waals surface area (Å²) in [5.41, 5.74) is 5.42. The summed E-state index contributed by atoms with van der Waals surface area (Å²) >= 11 is 0. The number of carboxylic acids is 3. The van der Waals surface area contributed by atoms with Gasteiger partial charge in [0.05, 0.1) is 11.0 Å². The number of aliphatic carboxylic acids is 3. The molecule has 2 rings (SSSR count). The van der Waals surface area contributed by atoms with E-state index in [-0.39, 0.29) is 37.4 Å². The van der Waals surface area contributed by atoms with Crippen molar-refractivity contribution in [1.29, 1.82) is 0 Å². The lowest BCUT2D eigenvalue weighted by Gasteiger charge is -2.13. The first-order valence-electron chi connectivity index (χ1n) is 16.2. The summed E-state index contributed by atoms with van der Waals surface area (Å²) in [5.74, 6) is -4.04. The molecule has 2 aliphatic heterocycles. The predicted octanol–water partition coefficient (Wildman–Crippen LogP) is 8.40. The summed E-state index contributed by atoms with van der Waals surface area (Å²) in [6, 6.07) is -0.907. The van der Waals surface area contributed by atoms with Gasteiger partial charge in [-0.05, 0) is 60.1 Å². The lowest BCUT2D eigenvalue weighted by Crippen LogP contribution is -2.30. The van der Waals surface area contributed by atoms with Crippen molar-refractivity contribution in [2.24, 2.45) is 11.7 Å². The molecular weight excluding hydrogens is 709 g/mol. The highest BCUT2D eigenvalue weighted by molar-refractivity contribution is 9.14. The largest absolute Gasteiger partial charge is 0.481 e. The Morgan fingerprint density at radius 1 is 0.630 bits per heavy atom. The van der Waals surface area contributed by atoms with Crippen LogP contribution in [-0.4, -0.2) is 65.3 Å². The van der Waals surface area contributed by atoms with Crippen LogP contribution in [0.2, 0.25) is 0 Å². The number of carbonyl (C=O) groups excluding carboxylic acids is 2. The second-order valence-corrected chi connectivity index (χ2v) is 20.9. The molecule has 1 amide bonds. The van der Waals surface area contributed by atoms with Gasteiger partial charge in [0, 0.05) is 32.2 Å². The lowest BCUT2D eigenvalue weighted by molar-refractivity contribution is -0.144. The Balaban J connectivity index is 0.00000112. The van der Waals surface area contributed by atoms with Gasteiger partial charge in [0.2, 0.25) is 5.91 Å². The van der Waals surface area contributed by atoms with Crippen LogP contribution in [-0.2, 0) is 24.0 Å². The van der Waals surface area contributed by atoms with E-state index >= 15 is 0 Å². The molecule has 10 nitrogen and oxygen atoms in total. The summed E-state index contributed by atoms with van der Waals surface area (Å²) in [4.78, 5) is 56.8. The Kier molecular flexibility index (Phi) is 26.0. The van der Waals surface area contributed by atoms with E-state index in [1.165, 1.54) is 30.8 Å². The molecule has 266 valence electrons. The van der Waals surface area contributed by atoms with Crippen molar-refractivity contribution in [3.05, 3.63) is 0 Å². The van der Waals surface area contributed by atoms with E-state index in [2.05, 4.69) is 5.32 Å². The Morgan fingerprint density at radius 3 is 1.61 bits per heavy atom. The zero-order valence-electron chi connectivity index (χ0n) is 26.6. The standard InChI is InChI=1S/C28H50N2O8.C2H2S6/c29-24(28(37)38)16-13-14-20-30-25(32)19-18-22(27(35)36)21-23(31)15-11-9-7-5-3-1-2-4-6-8-10-12-17-26(33)34;1-3-5-2(6-4-1)7-8-2/h22,24H,1-21,29H2,(H,30,32)(H,33,34)(H,35,36)(H,37,38);1H2/t22-,24+;/m1./s1. The van der Waals surface area contributed by atoms with Gasteiger partial charge in [0.25, 0.3) is 0 Å². The Morgan fingerprint density at radius 2 is 1.15 bits per heavy atom. The molecule has 6 N–H and O–H groups in total. The van der Waals surface area contributed by atoms with Gasteiger partial charge < -0.3 is 26.4 Å². The minimum absolute atomic E-state index is 0.0314. The highest BCUT2D eigenvalue weighted by atomic mass is 33.2. The van der Waals surface area contributed by atoms with Crippen molar-refractivity contribution in [3.63, 3.8) is 0 Å². The number of carboxylic acid groups (broad SMARTS) is 3. The van der Waals surface area contributed by atoms with Crippen LogP contribution < -0.4 is 11.1 Å². The minimum Gasteiger partial charge on any atom is -0.481 e. The topological polar surface area (TPSA) is 184 Å². The van der Waals surface area contributed by atoms with Crippen molar-refractivity contribution in [2.75, 3.05) is 11.6 Å². The molecule has 0 aliphatic carbocycles. The fourth-order valence-electron chi connectivity index (χ4n) is 4.61. The zero-order chi connectivity index (χ0) is 34.0. The first-order chi connectivity index (χ1) is 22.0. The van der Waals surface area contributed by atoms with E-state index in [0.29, 0.717) is 35.0 Å². The summed E-state index contributed by atoms with van der Waals surface area (Å²) in [6.07, 6.45) is 14.9. The van der Waals surface area contributed by atoms with E-state index in [1.807, 2.05) is 64.8 Å². The number of hydrogen-bond donors (Lipinski definition) is 5. The third kappa shape index (κ3) is 24.7. The van der Waals surface area contributed by atoms with E-state index in [9.17, 15) is 29.1 Å². The molecule has 2 heterocycles. The van der Waals surface area contributed by atoms with E-state index in [1.54, 1.807) is 0 Å². The van der Waals surface area contributed by atoms with Crippen LogP contribution in [0.3, 0.4) is 0 Å². The molecule has 2 aliphatic rings. The van der Waals surface area contributed by atoms with Crippen LogP contribution in [0.1, 0.15) is 128 Å². The van der Waals surface area contributed by atoms with Crippen molar-refractivity contribution in [3.8, 4) is 0 Å². The fourth-order valence-corrected chi connectivity index (χ4v) is 17.6. The van der Waals surface area contributed by atoms with E-state index < -0.39 is 29.9 Å². The van der Waals surface area contributed by atoms with Gasteiger partial charge in [-0.3, -0.25) is 24.0 Å². The van der Waals surface area contributed by atoms with Crippen molar-refractivity contribution in [1.82, 2.24) is 5.32 Å². The molecule has 46 heavy (non-hydrogen) atoms. The van der Waals surface area contributed by atoms with Crippen LogP contribution in [0.25, 0.3) is 0 Å². The second kappa shape index (κ2) is 27.4. The lowest BCUT2D eigenvalue weighted by atomic mass is 9.94. The molecule has 0 aromatic rings. The summed E-state index contributed by atoms with van der Waals surface area (Å²) in [5, 5.41) is 30.7. The molecule has 0 radical (unpaired) electrons. The molecule has 0 unspecified atom stereocenters. The van der Waals surface area contributed by atoms with Gasteiger partial charge in [-0.1, -0.05) is 107 Å². The Bertz CT molecular complexity index is 905. The molecule has 0 bridgehead atoms. The van der Waals surface area contributed by atoms with Gasteiger partial charge in [-0.2, -0.15) is 0 Å². The zero-order valence-corrected chi connectivity index (χ0v) is 31.5. The third-order valence-electron chi connectivity index (χ3n) is 7.36. The Labute approximate surface area is 297 Å². The SMILES string of the molecule is C1SSC2(SS1)SS2.N[C@@H](CCCCNC(=O)CC[C@H](CC(=O)CCCCCCCCCCCCCCC(=O)O)C(=O)O)C(=O)O. The highest BCUT2D eigenvalue weighted by Gasteiger charge is 2.50. The van der Waals surface area contributed by atoms with Crippen LogP contribution in [0.15, 0.2) is 0 Å². The van der Waals surface area contributed by atoms with E-state index in [4.69, 9.17) is 15.9 Å². The second-order valence-electron chi connectivity index (χ2n) is 11.4. The average molecular weight is 761 g/mol. The van der Waals surface area contributed by atoms with Crippen molar-refractivity contribution in [2.45, 2.75) is 137 Å². The number of ketones is 1.